The SMILES string of the molecule is Nc1ccccc1N1C(=O)[C@@H]2C[C@@H](Br)[C@@H](Br)C[C@H]2C1=O. The Morgan fingerprint density at radius 2 is 1.50 bits per heavy atom. The smallest absolute Gasteiger partial charge is 0.237 e. The Hall–Kier alpha value is -0.880. The summed E-state index contributed by atoms with van der Waals surface area (Å²) in [7, 11) is 0. The molecule has 2 fully saturated rings. The van der Waals surface area contributed by atoms with Crippen LogP contribution in [0.4, 0.5) is 11.4 Å². The molecule has 6 heteroatoms. The minimum absolute atomic E-state index is 0.123. The zero-order valence-electron chi connectivity index (χ0n) is 10.6. The van der Waals surface area contributed by atoms with Crippen molar-refractivity contribution in [1.29, 1.82) is 0 Å². The van der Waals surface area contributed by atoms with Crippen molar-refractivity contribution < 1.29 is 9.59 Å². The molecule has 2 aliphatic rings. The molecule has 1 saturated heterocycles. The number of anilines is 2. The summed E-state index contributed by atoms with van der Waals surface area (Å²) in [5, 5.41) is 0. The Bertz CT molecular complexity index is 550. The number of carbonyl (C=O) groups is 2. The molecule has 1 heterocycles. The van der Waals surface area contributed by atoms with Gasteiger partial charge in [0.25, 0.3) is 0 Å². The van der Waals surface area contributed by atoms with Gasteiger partial charge in [-0.3, -0.25) is 9.59 Å². The highest BCUT2D eigenvalue weighted by molar-refractivity contribution is 9.12. The second-order valence-corrected chi connectivity index (χ2v) is 7.64. The summed E-state index contributed by atoms with van der Waals surface area (Å²) in [4.78, 5) is 26.8. The van der Waals surface area contributed by atoms with Crippen LogP contribution in [0.25, 0.3) is 0 Å². The lowest BCUT2D eigenvalue weighted by molar-refractivity contribution is -0.122. The van der Waals surface area contributed by atoms with Gasteiger partial charge in [-0.05, 0) is 25.0 Å². The molecular weight excluding hydrogens is 388 g/mol. The maximum Gasteiger partial charge on any atom is 0.237 e. The highest BCUT2D eigenvalue weighted by atomic mass is 79.9. The molecular formula is C14H14Br2N2O2. The van der Waals surface area contributed by atoms with Crippen molar-refractivity contribution in [2.45, 2.75) is 22.5 Å². The molecule has 0 bridgehead atoms. The van der Waals surface area contributed by atoms with Gasteiger partial charge >= 0.3 is 0 Å². The average Bonchev–Trinajstić information content (AvgIpc) is 2.64. The molecule has 0 aromatic heterocycles. The van der Waals surface area contributed by atoms with Crippen molar-refractivity contribution in [3.05, 3.63) is 24.3 Å². The summed E-state index contributed by atoms with van der Waals surface area (Å²) in [6, 6.07) is 7.01. The molecule has 0 radical (unpaired) electrons. The fourth-order valence-corrected chi connectivity index (χ4v) is 4.26. The fraction of sp³-hybridized carbons (Fsp3) is 0.429. The Morgan fingerprint density at radius 1 is 1.00 bits per heavy atom. The van der Waals surface area contributed by atoms with E-state index >= 15 is 0 Å². The lowest BCUT2D eigenvalue weighted by Gasteiger charge is -2.29. The van der Waals surface area contributed by atoms with E-state index in [4.69, 9.17) is 5.73 Å². The van der Waals surface area contributed by atoms with Crippen molar-refractivity contribution in [2.75, 3.05) is 10.6 Å². The first-order chi connectivity index (χ1) is 9.50. The summed E-state index contributed by atoms with van der Waals surface area (Å²) in [5.41, 5.74) is 6.87. The van der Waals surface area contributed by atoms with E-state index < -0.39 is 0 Å². The molecule has 2 amide bonds. The lowest BCUT2D eigenvalue weighted by atomic mass is 9.81. The number of amides is 2. The molecule has 106 valence electrons. The number of alkyl halides is 2. The number of rotatable bonds is 1. The molecule has 3 rings (SSSR count). The van der Waals surface area contributed by atoms with Gasteiger partial charge in [0.05, 0.1) is 23.2 Å². The van der Waals surface area contributed by atoms with Gasteiger partial charge in [-0.1, -0.05) is 44.0 Å². The summed E-state index contributed by atoms with van der Waals surface area (Å²) >= 11 is 7.15. The summed E-state index contributed by atoms with van der Waals surface area (Å²) in [6.45, 7) is 0. The van der Waals surface area contributed by atoms with Gasteiger partial charge in [0.2, 0.25) is 11.8 Å². The monoisotopic (exact) mass is 400 g/mol. The maximum atomic E-state index is 12.6. The molecule has 2 N–H and O–H groups in total. The van der Waals surface area contributed by atoms with Crippen molar-refractivity contribution >= 4 is 55.0 Å². The first kappa shape index (κ1) is 14.1. The van der Waals surface area contributed by atoms with E-state index in [0.29, 0.717) is 24.2 Å². The normalized spacial score (nSPS) is 33.4. The van der Waals surface area contributed by atoms with Gasteiger partial charge in [-0.25, -0.2) is 4.90 Å². The van der Waals surface area contributed by atoms with Crippen LogP contribution in [0.3, 0.4) is 0 Å². The Kier molecular flexibility index (Phi) is 3.62. The predicted octanol–water partition coefficient (Wildman–Crippen LogP) is 2.70. The Balaban J connectivity index is 1.97. The minimum atomic E-state index is -0.236. The van der Waals surface area contributed by atoms with E-state index in [1.54, 1.807) is 24.3 Å². The number of hydrogen-bond donors (Lipinski definition) is 1. The maximum absolute atomic E-state index is 12.6. The van der Waals surface area contributed by atoms with E-state index in [1.165, 1.54) is 4.90 Å². The lowest BCUT2D eigenvalue weighted by Crippen LogP contribution is -2.34. The number of nitrogen functional groups attached to an aromatic ring is 1. The predicted molar refractivity (Wildman–Crippen MR) is 85.0 cm³/mol. The first-order valence-electron chi connectivity index (χ1n) is 6.51. The molecule has 20 heavy (non-hydrogen) atoms. The van der Waals surface area contributed by atoms with Crippen LogP contribution in [0, 0.1) is 11.8 Å². The third-order valence-electron chi connectivity index (χ3n) is 4.09. The van der Waals surface area contributed by atoms with Gasteiger partial charge < -0.3 is 5.73 Å². The van der Waals surface area contributed by atoms with E-state index in [9.17, 15) is 9.59 Å². The zero-order valence-corrected chi connectivity index (χ0v) is 13.8. The van der Waals surface area contributed by atoms with Crippen LogP contribution in [0.5, 0.6) is 0 Å². The summed E-state index contributed by atoms with van der Waals surface area (Å²) < 4.78 is 0. The topological polar surface area (TPSA) is 63.4 Å². The van der Waals surface area contributed by atoms with Crippen molar-refractivity contribution in [3.63, 3.8) is 0 Å². The van der Waals surface area contributed by atoms with Crippen molar-refractivity contribution in [1.82, 2.24) is 0 Å². The van der Waals surface area contributed by atoms with Crippen LogP contribution in [0.15, 0.2) is 24.3 Å². The summed E-state index contributed by atoms with van der Waals surface area (Å²) in [6.07, 6.45) is 1.35. The van der Waals surface area contributed by atoms with E-state index in [-0.39, 0.29) is 33.3 Å². The van der Waals surface area contributed by atoms with Crippen molar-refractivity contribution in [3.8, 4) is 0 Å². The Morgan fingerprint density at radius 3 is 2.00 bits per heavy atom. The first-order valence-corrected chi connectivity index (χ1v) is 8.34. The largest absolute Gasteiger partial charge is 0.397 e. The number of nitrogens with two attached hydrogens (primary N) is 1. The number of benzene rings is 1. The zero-order chi connectivity index (χ0) is 14.4. The molecule has 1 aromatic carbocycles. The third-order valence-corrected chi connectivity index (χ3v) is 6.82. The van der Waals surface area contributed by atoms with Crippen LogP contribution in [-0.2, 0) is 9.59 Å². The average molecular weight is 402 g/mol. The summed E-state index contributed by atoms with van der Waals surface area (Å²) in [5.74, 6) is -0.718. The fourth-order valence-electron chi connectivity index (χ4n) is 3.02. The van der Waals surface area contributed by atoms with Crippen LogP contribution >= 0.6 is 31.9 Å². The Labute approximate surface area is 133 Å². The van der Waals surface area contributed by atoms with Gasteiger partial charge in [-0.2, -0.15) is 0 Å². The van der Waals surface area contributed by atoms with Gasteiger partial charge in [-0.15, -0.1) is 0 Å². The molecule has 4 atom stereocenters. The van der Waals surface area contributed by atoms with Crippen molar-refractivity contribution in [2.24, 2.45) is 11.8 Å². The number of nitrogens with zero attached hydrogens (tertiary/aromatic N) is 1. The highest BCUT2D eigenvalue weighted by Gasteiger charge is 2.52. The van der Waals surface area contributed by atoms with E-state index in [2.05, 4.69) is 31.9 Å². The number of hydrogen-bond acceptors (Lipinski definition) is 3. The number of imide groups is 1. The van der Waals surface area contributed by atoms with Crippen LogP contribution in [-0.4, -0.2) is 21.5 Å². The van der Waals surface area contributed by atoms with Gasteiger partial charge in [0.1, 0.15) is 0 Å². The molecule has 0 unspecified atom stereocenters. The number of para-hydroxylation sites is 2. The van der Waals surface area contributed by atoms with Gasteiger partial charge in [0.15, 0.2) is 0 Å². The number of carbonyl (C=O) groups excluding carboxylic acids is 2. The molecule has 1 aliphatic heterocycles. The van der Waals surface area contributed by atoms with Crippen LogP contribution in [0.2, 0.25) is 0 Å². The second-order valence-electron chi connectivity index (χ2n) is 5.29. The number of halogens is 2. The highest BCUT2D eigenvalue weighted by Crippen LogP contribution is 2.45. The van der Waals surface area contributed by atoms with E-state index in [0.717, 1.165) is 0 Å². The molecule has 1 aliphatic carbocycles. The van der Waals surface area contributed by atoms with Gasteiger partial charge in [0, 0.05) is 9.65 Å². The van der Waals surface area contributed by atoms with Crippen LogP contribution in [0.1, 0.15) is 12.8 Å². The quantitative estimate of drug-likeness (QED) is 0.447. The second kappa shape index (κ2) is 5.15. The van der Waals surface area contributed by atoms with E-state index in [1.807, 2.05) is 0 Å². The number of fused-ring (bicyclic) bond motifs is 1. The molecule has 0 spiro atoms. The molecule has 1 aromatic rings. The standard InChI is InChI=1S/C14H14Br2N2O2/c15-9-5-7-8(6-10(9)16)14(20)18(13(7)19)12-4-2-1-3-11(12)17/h1-4,7-10H,5-6,17H2/t7-,8-,9-,10+/m1/s1. The molecule has 4 nitrogen and oxygen atoms in total. The third kappa shape index (κ3) is 2.09. The minimum Gasteiger partial charge on any atom is -0.397 e. The molecule has 1 saturated carbocycles. The van der Waals surface area contributed by atoms with Crippen LogP contribution < -0.4 is 10.6 Å².